The average molecular weight is 145 g/mol. The van der Waals surface area contributed by atoms with E-state index in [1.807, 2.05) is 0 Å². The topological polar surface area (TPSA) is 29.1 Å². The van der Waals surface area contributed by atoms with Gasteiger partial charge in [-0.3, -0.25) is 4.79 Å². The van der Waals surface area contributed by atoms with E-state index in [9.17, 15) is 9.18 Å². The average Bonchev–Trinajstić information content (AvgIpc) is 1.88. The molecule has 10 heavy (non-hydrogen) atoms. The van der Waals surface area contributed by atoms with Gasteiger partial charge in [0.1, 0.15) is 12.0 Å². The van der Waals surface area contributed by atoms with Crippen molar-refractivity contribution in [1.29, 1.82) is 0 Å². The molecule has 1 rings (SSSR count). The predicted octanol–water partition coefficient (Wildman–Crippen LogP) is 0.523. The van der Waals surface area contributed by atoms with Crippen molar-refractivity contribution in [2.24, 2.45) is 5.92 Å². The number of halogens is 1. The SMILES string of the molecule is CC(=O)C1CNCC(F)C1. The van der Waals surface area contributed by atoms with Crippen LogP contribution in [0.5, 0.6) is 0 Å². The van der Waals surface area contributed by atoms with Gasteiger partial charge in [-0.25, -0.2) is 4.39 Å². The summed E-state index contributed by atoms with van der Waals surface area (Å²) in [7, 11) is 0. The maximum Gasteiger partial charge on any atom is 0.134 e. The Kier molecular flexibility index (Phi) is 2.38. The van der Waals surface area contributed by atoms with Gasteiger partial charge in [0, 0.05) is 19.0 Å². The summed E-state index contributed by atoms with van der Waals surface area (Å²) in [6.07, 6.45) is -0.426. The number of ketones is 1. The molecule has 1 heterocycles. The van der Waals surface area contributed by atoms with E-state index in [1.54, 1.807) is 0 Å². The minimum Gasteiger partial charge on any atom is -0.313 e. The maximum absolute atomic E-state index is 12.6. The second-order valence-corrected chi connectivity index (χ2v) is 2.80. The standard InChI is InChI=1S/C7H12FNO/c1-5(10)6-2-7(8)4-9-3-6/h6-7,9H,2-4H2,1H3. The van der Waals surface area contributed by atoms with Gasteiger partial charge < -0.3 is 5.32 Å². The molecular weight excluding hydrogens is 133 g/mol. The van der Waals surface area contributed by atoms with Crippen LogP contribution in [0, 0.1) is 5.92 Å². The number of nitrogens with one attached hydrogen (secondary N) is 1. The Hall–Kier alpha value is -0.440. The van der Waals surface area contributed by atoms with Crippen molar-refractivity contribution >= 4 is 5.78 Å². The lowest BCUT2D eigenvalue weighted by Gasteiger charge is -2.23. The number of alkyl halides is 1. The van der Waals surface area contributed by atoms with Crippen LogP contribution >= 0.6 is 0 Å². The Morgan fingerprint density at radius 1 is 1.60 bits per heavy atom. The lowest BCUT2D eigenvalue weighted by molar-refractivity contribution is -0.121. The normalized spacial score (nSPS) is 33.8. The number of rotatable bonds is 1. The van der Waals surface area contributed by atoms with Crippen molar-refractivity contribution in [3.05, 3.63) is 0 Å². The van der Waals surface area contributed by atoms with E-state index in [-0.39, 0.29) is 11.7 Å². The number of hydrogen-bond donors (Lipinski definition) is 1. The first-order chi connectivity index (χ1) is 4.70. The van der Waals surface area contributed by atoms with E-state index in [0.29, 0.717) is 19.5 Å². The van der Waals surface area contributed by atoms with Crippen LogP contribution in [0.25, 0.3) is 0 Å². The van der Waals surface area contributed by atoms with Gasteiger partial charge in [-0.2, -0.15) is 0 Å². The quantitative estimate of drug-likeness (QED) is 0.583. The Morgan fingerprint density at radius 2 is 2.30 bits per heavy atom. The zero-order valence-corrected chi connectivity index (χ0v) is 6.06. The zero-order valence-electron chi connectivity index (χ0n) is 6.06. The molecule has 0 aliphatic carbocycles. The molecule has 1 fully saturated rings. The Bertz CT molecular complexity index is 138. The van der Waals surface area contributed by atoms with Crippen molar-refractivity contribution in [3.63, 3.8) is 0 Å². The van der Waals surface area contributed by atoms with Crippen LogP contribution in [-0.2, 0) is 4.79 Å². The van der Waals surface area contributed by atoms with Gasteiger partial charge in [0.25, 0.3) is 0 Å². The summed E-state index contributed by atoms with van der Waals surface area (Å²) in [5, 5.41) is 2.87. The molecule has 1 aliphatic rings. The fourth-order valence-electron chi connectivity index (χ4n) is 1.20. The molecule has 2 unspecified atom stereocenters. The number of piperidine rings is 1. The van der Waals surface area contributed by atoms with E-state index in [2.05, 4.69) is 5.32 Å². The molecule has 58 valence electrons. The molecule has 0 radical (unpaired) electrons. The van der Waals surface area contributed by atoms with E-state index in [4.69, 9.17) is 0 Å². The number of hydrogen-bond acceptors (Lipinski definition) is 2. The van der Waals surface area contributed by atoms with E-state index in [1.165, 1.54) is 6.92 Å². The molecule has 0 spiro atoms. The maximum atomic E-state index is 12.6. The molecule has 1 N–H and O–H groups in total. The van der Waals surface area contributed by atoms with Crippen molar-refractivity contribution in [2.45, 2.75) is 19.5 Å². The highest BCUT2D eigenvalue weighted by molar-refractivity contribution is 5.78. The molecule has 0 aromatic heterocycles. The van der Waals surface area contributed by atoms with Crippen molar-refractivity contribution in [1.82, 2.24) is 5.32 Å². The van der Waals surface area contributed by atoms with E-state index >= 15 is 0 Å². The molecule has 0 aromatic rings. The first-order valence-corrected chi connectivity index (χ1v) is 3.55. The van der Waals surface area contributed by atoms with Crippen LogP contribution in [0.1, 0.15) is 13.3 Å². The minimum absolute atomic E-state index is 0.0925. The molecule has 1 saturated heterocycles. The number of carbonyl (C=O) groups excluding carboxylic acids is 1. The Labute approximate surface area is 59.8 Å². The van der Waals surface area contributed by atoms with Crippen LogP contribution in [0.2, 0.25) is 0 Å². The van der Waals surface area contributed by atoms with Gasteiger partial charge in [-0.05, 0) is 13.3 Å². The molecular formula is C7H12FNO. The molecule has 0 bridgehead atoms. The van der Waals surface area contributed by atoms with E-state index < -0.39 is 6.17 Å². The third-order valence-electron chi connectivity index (χ3n) is 1.87. The van der Waals surface area contributed by atoms with Crippen LogP contribution in [0.15, 0.2) is 0 Å². The summed E-state index contributed by atoms with van der Waals surface area (Å²) in [4.78, 5) is 10.7. The summed E-state index contributed by atoms with van der Waals surface area (Å²) >= 11 is 0. The largest absolute Gasteiger partial charge is 0.313 e. The number of carbonyl (C=O) groups is 1. The van der Waals surface area contributed by atoms with Crippen LogP contribution in [-0.4, -0.2) is 25.0 Å². The fourth-order valence-corrected chi connectivity index (χ4v) is 1.20. The van der Waals surface area contributed by atoms with Crippen LogP contribution in [0.4, 0.5) is 4.39 Å². The monoisotopic (exact) mass is 145 g/mol. The minimum atomic E-state index is -0.831. The highest BCUT2D eigenvalue weighted by Crippen LogP contribution is 2.13. The van der Waals surface area contributed by atoms with Crippen LogP contribution in [0.3, 0.4) is 0 Å². The van der Waals surface area contributed by atoms with Crippen molar-refractivity contribution in [2.75, 3.05) is 13.1 Å². The summed E-state index contributed by atoms with van der Waals surface area (Å²) in [5.74, 6) is -0.00130. The van der Waals surface area contributed by atoms with Gasteiger partial charge in [0.05, 0.1) is 0 Å². The highest BCUT2D eigenvalue weighted by Gasteiger charge is 2.23. The van der Waals surface area contributed by atoms with E-state index in [0.717, 1.165) is 0 Å². The molecule has 0 aromatic carbocycles. The summed E-state index contributed by atoms with van der Waals surface area (Å²) in [6.45, 7) is 2.57. The second kappa shape index (κ2) is 3.10. The summed E-state index contributed by atoms with van der Waals surface area (Å²) in [5.41, 5.74) is 0. The third kappa shape index (κ3) is 1.77. The fraction of sp³-hybridized carbons (Fsp3) is 0.857. The molecule has 0 saturated carbocycles. The number of Topliss-reactive ketones (excluding diaryl/α,β-unsaturated/α-hetero) is 1. The van der Waals surface area contributed by atoms with Gasteiger partial charge >= 0.3 is 0 Å². The van der Waals surface area contributed by atoms with Gasteiger partial charge in [0.15, 0.2) is 0 Å². The molecule has 0 amide bonds. The van der Waals surface area contributed by atoms with Crippen molar-refractivity contribution < 1.29 is 9.18 Å². The Morgan fingerprint density at radius 3 is 2.70 bits per heavy atom. The highest BCUT2D eigenvalue weighted by atomic mass is 19.1. The molecule has 3 heteroatoms. The first-order valence-electron chi connectivity index (χ1n) is 3.55. The lowest BCUT2D eigenvalue weighted by atomic mass is 9.95. The van der Waals surface area contributed by atoms with Crippen LogP contribution < -0.4 is 5.32 Å². The zero-order chi connectivity index (χ0) is 7.56. The van der Waals surface area contributed by atoms with Gasteiger partial charge in [-0.15, -0.1) is 0 Å². The predicted molar refractivity (Wildman–Crippen MR) is 36.6 cm³/mol. The van der Waals surface area contributed by atoms with Crippen molar-refractivity contribution in [3.8, 4) is 0 Å². The lowest BCUT2D eigenvalue weighted by Crippen LogP contribution is -2.39. The van der Waals surface area contributed by atoms with Gasteiger partial charge in [-0.1, -0.05) is 0 Å². The van der Waals surface area contributed by atoms with Gasteiger partial charge in [0.2, 0.25) is 0 Å². The molecule has 2 atom stereocenters. The smallest absolute Gasteiger partial charge is 0.134 e. The molecule has 2 nitrogen and oxygen atoms in total. The third-order valence-corrected chi connectivity index (χ3v) is 1.87. The summed E-state index contributed by atoms with van der Waals surface area (Å²) < 4.78 is 12.6. The molecule has 1 aliphatic heterocycles. The first kappa shape index (κ1) is 7.66. The Balaban J connectivity index is 2.39. The second-order valence-electron chi connectivity index (χ2n) is 2.80. The summed E-state index contributed by atoms with van der Waals surface area (Å²) in [6, 6.07) is 0.